The fourth-order valence-electron chi connectivity index (χ4n) is 1.36. The average Bonchev–Trinajstić information content (AvgIpc) is 2.83. The van der Waals surface area contributed by atoms with Crippen molar-refractivity contribution < 1.29 is 12.8 Å². The maximum atomic E-state index is 13.4. The Hall–Kier alpha value is -1.93. The van der Waals surface area contributed by atoms with Crippen LogP contribution in [0.15, 0.2) is 35.4 Å². The zero-order valence-electron chi connectivity index (χ0n) is 9.22. The molecule has 0 radical (unpaired) electrons. The molecule has 0 unspecified atom stereocenters. The van der Waals surface area contributed by atoms with Crippen molar-refractivity contribution in [1.82, 2.24) is 14.9 Å². The molecule has 96 valence electrons. The van der Waals surface area contributed by atoms with Crippen LogP contribution in [0.25, 0.3) is 0 Å². The van der Waals surface area contributed by atoms with Gasteiger partial charge in [0.2, 0.25) is 10.0 Å². The predicted octanol–water partition coefficient (Wildman–Crippen LogP) is 0.609. The van der Waals surface area contributed by atoms with Crippen molar-refractivity contribution in [3.63, 3.8) is 0 Å². The molecule has 1 aromatic heterocycles. The Morgan fingerprint density at radius 3 is 2.83 bits per heavy atom. The van der Waals surface area contributed by atoms with Crippen LogP contribution in [-0.4, -0.2) is 18.6 Å². The second-order valence-corrected chi connectivity index (χ2v) is 5.33. The van der Waals surface area contributed by atoms with Crippen LogP contribution in [0.1, 0.15) is 5.69 Å². The molecule has 0 bridgehead atoms. The van der Waals surface area contributed by atoms with Crippen LogP contribution in [0.2, 0.25) is 0 Å². The van der Waals surface area contributed by atoms with Gasteiger partial charge in [0.05, 0.1) is 12.2 Å². The Bertz CT molecular complexity index is 640. The summed E-state index contributed by atoms with van der Waals surface area (Å²) in [7, 11) is -3.94. The van der Waals surface area contributed by atoms with E-state index >= 15 is 0 Å². The van der Waals surface area contributed by atoms with Gasteiger partial charge in [-0.05, 0) is 24.3 Å². The van der Waals surface area contributed by atoms with E-state index in [0.29, 0.717) is 5.69 Å². The first-order valence-electron chi connectivity index (χ1n) is 5.02. The Morgan fingerprint density at radius 2 is 2.17 bits per heavy atom. The van der Waals surface area contributed by atoms with Gasteiger partial charge >= 0.3 is 0 Å². The normalized spacial score (nSPS) is 11.6. The SMILES string of the molecule is Nc1ccc(F)c(S(=O)(=O)NCc2ccn[nH]2)c1. The van der Waals surface area contributed by atoms with Crippen LogP contribution < -0.4 is 10.5 Å². The van der Waals surface area contributed by atoms with E-state index in [0.717, 1.165) is 12.1 Å². The number of nitrogens with one attached hydrogen (secondary N) is 2. The summed E-state index contributed by atoms with van der Waals surface area (Å²) in [4.78, 5) is -0.470. The highest BCUT2D eigenvalue weighted by atomic mass is 32.2. The van der Waals surface area contributed by atoms with E-state index in [1.54, 1.807) is 6.07 Å². The molecule has 0 amide bonds. The lowest BCUT2D eigenvalue weighted by Gasteiger charge is -2.07. The molecule has 0 aliphatic rings. The highest BCUT2D eigenvalue weighted by molar-refractivity contribution is 7.89. The highest BCUT2D eigenvalue weighted by Crippen LogP contribution is 2.17. The minimum Gasteiger partial charge on any atom is -0.399 e. The average molecular weight is 270 g/mol. The van der Waals surface area contributed by atoms with Crippen molar-refractivity contribution >= 4 is 15.7 Å². The Labute approximate surface area is 103 Å². The summed E-state index contributed by atoms with van der Waals surface area (Å²) in [6, 6.07) is 4.99. The summed E-state index contributed by atoms with van der Waals surface area (Å²) < 4.78 is 39.4. The van der Waals surface area contributed by atoms with Crippen molar-refractivity contribution in [2.75, 3.05) is 5.73 Å². The topological polar surface area (TPSA) is 101 Å². The molecule has 0 spiro atoms. The van der Waals surface area contributed by atoms with Gasteiger partial charge in [0.15, 0.2) is 0 Å². The van der Waals surface area contributed by atoms with Gasteiger partial charge in [-0.25, -0.2) is 17.5 Å². The number of rotatable bonds is 4. The summed E-state index contributed by atoms with van der Waals surface area (Å²) in [6.45, 7) is -0.00340. The number of H-pyrrole nitrogens is 1. The lowest BCUT2D eigenvalue weighted by molar-refractivity contribution is 0.556. The summed E-state index contributed by atoms with van der Waals surface area (Å²) in [5.74, 6) is -0.846. The summed E-state index contributed by atoms with van der Waals surface area (Å²) in [5.41, 5.74) is 6.19. The predicted molar refractivity (Wildman–Crippen MR) is 63.4 cm³/mol. The first-order chi connectivity index (χ1) is 8.49. The lowest BCUT2D eigenvalue weighted by Crippen LogP contribution is -2.24. The molecule has 1 heterocycles. The van der Waals surface area contributed by atoms with E-state index in [4.69, 9.17) is 5.73 Å². The number of hydrogen-bond acceptors (Lipinski definition) is 4. The van der Waals surface area contributed by atoms with Crippen molar-refractivity contribution in [3.05, 3.63) is 42.0 Å². The maximum absolute atomic E-state index is 13.4. The number of sulfonamides is 1. The maximum Gasteiger partial charge on any atom is 0.243 e. The Kier molecular flexibility index (Phi) is 3.30. The fourth-order valence-corrected chi connectivity index (χ4v) is 2.48. The third kappa shape index (κ3) is 2.66. The zero-order valence-corrected chi connectivity index (χ0v) is 10.0. The molecular formula is C10H11FN4O2S. The first kappa shape index (κ1) is 12.5. The third-order valence-corrected chi connectivity index (χ3v) is 3.67. The standard InChI is InChI=1S/C10H11FN4O2S/c11-9-2-1-7(12)5-10(9)18(16,17)14-6-8-3-4-13-15-8/h1-5,14H,6,12H2,(H,13,15). The van der Waals surface area contributed by atoms with Gasteiger partial charge in [-0.1, -0.05) is 0 Å². The van der Waals surface area contributed by atoms with Gasteiger partial charge in [-0.15, -0.1) is 0 Å². The zero-order chi connectivity index (χ0) is 13.2. The van der Waals surface area contributed by atoms with Gasteiger partial charge in [0.1, 0.15) is 10.7 Å². The van der Waals surface area contributed by atoms with Crippen LogP contribution in [0, 0.1) is 5.82 Å². The number of halogens is 1. The smallest absolute Gasteiger partial charge is 0.243 e. The second kappa shape index (κ2) is 4.75. The number of hydrogen-bond donors (Lipinski definition) is 3. The van der Waals surface area contributed by atoms with Gasteiger partial charge < -0.3 is 5.73 Å². The van der Waals surface area contributed by atoms with Crippen molar-refractivity contribution in [2.45, 2.75) is 11.4 Å². The second-order valence-electron chi connectivity index (χ2n) is 3.60. The molecule has 2 rings (SSSR count). The van der Waals surface area contributed by atoms with Crippen molar-refractivity contribution in [3.8, 4) is 0 Å². The fraction of sp³-hybridized carbons (Fsp3) is 0.100. The number of benzene rings is 1. The number of nitrogen functional groups attached to an aromatic ring is 1. The van der Waals surface area contributed by atoms with Gasteiger partial charge in [-0.3, -0.25) is 5.10 Å². The van der Waals surface area contributed by atoms with Crippen molar-refractivity contribution in [2.24, 2.45) is 0 Å². The van der Waals surface area contributed by atoms with E-state index in [1.165, 1.54) is 12.3 Å². The monoisotopic (exact) mass is 270 g/mol. The number of aromatic amines is 1. The minimum absolute atomic E-state index is 0.00340. The van der Waals surface area contributed by atoms with E-state index in [9.17, 15) is 12.8 Å². The van der Waals surface area contributed by atoms with E-state index < -0.39 is 20.7 Å². The van der Waals surface area contributed by atoms with Crippen LogP contribution in [0.3, 0.4) is 0 Å². The molecular weight excluding hydrogens is 259 g/mol. The number of aromatic nitrogens is 2. The quantitative estimate of drug-likeness (QED) is 0.708. The number of nitrogens with two attached hydrogens (primary N) is 1. The molecule has 0 fully saturated rings. The molecule has 2 aromatic rings. The van der Waals surface area contributed by atoms with Gasteiger partial charge in [0, 0.05) is 11.9 Å². The van der Waals surface area contributed by atoms with Crippen LogP contribution >= 0.6 is 0 Å². The molecule has 1 aromatic carbocycles. The summed E-state index contributed by atoms with van der Waals surface area (Å²) >= 11 is 0. The minimum atomic E-state index is -3.94. The van der Waals surface area contributed by atoms with Crippen molar-refractivity contribution in [1.29, 1.82) is 0 Å². The molecule has 0 saturated heterocycles. The number of nitrogens with zero attached hydrogens (tertiary/aromatic N) is 1. The summed E-state index contributed by atoms with van der Waals surface area (Å²) in [5, 5.41) is 6.27. The third-order valence-electron chi connectivity index (χ3n) is 2.26. The molecule has 18 heavy (non-hydrogen) atoms. The molecule has 0 aliphatic carbocycles. The van der Waals surface area contributed by atoms with Crippen LogP contribution in [-0.2, 0) is 16.6 Å². The van der Waals surface area contributed by atoms with E-state index in [2.05, 4.69) is 14.9 Å². The van der Waals surface area contributed by atoms with E-state index in [1.807, 2.05) is 0 Å². The van der Waals surface area contributed by atoms with Crippen LogP contribution in [0.5, 0.6) is 0 Å². The molecule has 8 heteroatoms. The molecule has 6 nitrogen and oxygen atoms in total. The summed E-state index contributed by atoms with van der Waals surface area (Å²) in [6.07, 6.45) is 1.49. The molecule has 0 aliphatic heterocycles. The first-order valence-corrected chi connectivity index (χ1v) is 6.50. The lowest BCUT2D eigenvalue weighted by atomic mass is 10.3. The highest BCUT2D eigenvalue weighted by Gasteiger charge is 2.19. The van der Waals surface area contributed by atoms with Gasteiger partial charge in [0.25, 0.3) is 0 Å². The van der Waals surface area contributed by atoms with Crippen LogP contribution in [0.4, 0.5) is 10.1 Å². The largest absolute Gasteiger partial charge is 0.399 e. The number of anilines is 1. The molecule has 0 saturated carbocycles. The molecule has 4 N–H and O–H groups in total. The van der Waals surface area contributed by atoms with E-state index in [-0.39, 0.29) is 12.2 Å². The Morgan fingerprint density at radius 1 is 1.39 bits per heavy atom. The van der Waals surface area contributed by atoms with Gasteiger partial charge in [-0.2, -0.15) is 5.10 Å². The molecule has 0 atom stereocenters. The Balaban J connectivity index is 2.22.